The van der Waals surface area contributed by atoms with Crippen molar-refractivity contribution in [2.75, 3.05) is 13.1 Å². The molecule has 2 rings (SSSR count). The Bertz CT molecular complexity index is 637. The SMILES string of the molecule is Cc1cc(N=C=O)ccc1OC1CCN(C(=O)OC(C)(C)C)CC1. The lowest BCUT2D eigenvalue weighted by Gasteiger charge is -2.33. The van der Waals surface area contributed by atoms with Crippen molar-refractivity contribution < 1.29 is 19.1 Å². The van der Waals surface area contributed by atoms with Crippen LogP contribution in [-0.4, -0.2) is 41.9 Å². The van der Waals surface area contributed by atoms with E-state index in [-0.39, 0.29) is 12.2 Å². The number of rotatable bonds is 3. The number of aliphatic imine (C=N–C) groups is 1. The molecule has 1 aliphatic heterocycles. The van der Waals surface area contributed by atoms with Gasteiger partial charge in [-0.25, -0.2) is 9.59 Å². The minimum Gasteiger partial charge on any atom is -0.490 e. The predicted molar refractivity (Wildman–Crippen MR) is 90.4 cm³/mol. The monoisotopic (exact) mass is 332 g/mol. The highest BCUT2D eigenvalue weighted by molar-refractivity contribution is 5.68. The van der Waals surface area contributed by atoms with Gasteiger partial charge in [-0.15, -0.1) is 0 Å². The van der Waals surface area contributed by atoms with Gasteiger partial charge in [0.15, 0.2) is 0 Å². The van der Waals surface area contributed by atoms with E-state index in [2.05, 4.69) is 4.99 Å². The third-order valence-electron chi connectivity index (χ3n) is 3.72. The Labute approximate surface area is 142 Å². The van der Waals surface area contributed by atoms with Crippen molar-refractivity contribution >= 4 is 17.9 Å². The Morgan fingerprint density at radius 2 is 1.96 bits per heavy atom. The summed E-state index contributed by atoms with van der Waals surface area (Å²) in [6.07, 6.45) is 2.83. The molecule has 0 radical (unpaired) electrons. The van der Waals surface area contributed by atoms with Crippen LogP contribution in [0, 0.1) is 6.92 Å². The molecule has 1 aromatic rings. The van der Waals surface area contributed by atoms with Gasteiger partial charge in [-0.05, 0) is 51.5 Å². The second-order valence-electron chi connectivity index (χ2n) is 6.94. The van der Waals surface area contributed by atoms with Crippen LogP contribution in [0.5, 0.6) is 5.75 Å². The molecule has 0 spiro atoms. The van der Waals surface area contributed by atoms with Crippen LogP contribution in [0.4, 0.5) is 10.5 Å². The van der Waals surface area contributed by atoms with Gasteiger partial charge in [-0.1, -0.05) is 0 Å². The summed E-state index contributed by atoms with van der Waals surface area (Å²) in [5.74, 6) is 0.774. The fourth-order valence-corrected chi connectivity index (χ4v) is 2.55. The number of nitrogens with zero attached hydrogens (tertiary/aromatic N) is 2. The zero-order valence-corrected chi connectivity index (χ0v) is 14.7. The summed E-state index contributed by atoms with van der Waals surface area (Å²) in [6.45, 7) is 8.73. The highest BCUT2D eigenvalue weighted by Gasteiger charge is 2.27. The van der Waals surface area contributed by atoms with Gasteiger partial charge >= 0.3 is 6.09 Å². The molecule has 0 bridgehead atoms. The van der Waals surface area contributed by atoms with Crippen molar-refractivity contribution in [3.05, 3.63) is 23.8 Å². The number of hydrogen-bond acceptors (Lipinski definition) is 5. The predicted octanol–water partition coefficient (Wildman–Crippen LogP) is 3.74. The molecule has 0 atom stereocenters. The lowest BCUT2D eigenvalue weighted by atomic mass is 10.1. The average Bonchev–Trinajstić information content (AvgIpc) is 2.49. The normalized spacial score (nSPS) is 15.6. The molecule has 6 nitrogen and oxygen atoms in total. The number of amides is 1. The summed E-state index contributed by atoms with van der Waals surface area (Å²) < 4.78 is 11.4. The lowest BCUT2D eigenvalue weighted by Crippen LogP contribution is -2.44. The van der Waals surface area contributed by atoms with Gasteiger partial charge in [0.2, 0.25) is 6.08 Å². The van der Waals surface area contributed by atoms with Crippen LogP contribution in [0.15, 0.2) is 23.2 Å². The molecule has 6 heteroatoms. The zero-order valence-electron chi connectivity index (χ0n) is 14.7. The van der Waals surface area contributed by atoms with E-state index in [4.69, 9.17) is 9.47 Å². The second kappa shape index (κ2) is 7.49. The molecule has 0 N–H and O–H groups in total. The maximum Gasteiger partial charge on any atom is 0.410 e. The number of carbonyl (C=O) groups excluding carboxylic acids is 2. The minimum absolute atomic E-state index is 0.0582. The molecule has 0 saturated carbocycles. The fraction of sp³-hybridized carbons (Fsp3) is 0.556. The van der Waals surface area contributed by atoms with Crippen molar-refractivity contribution in [2.45, 2.75) is 52.2 Å². The van der Waals surface area contributed by atoms with Gasteiger partial charge in [0, 0.05) is 25.9 Å². The average molecular weight is 332 g/mol. The molecule has 1 aromatic carbocycles. The number of likely N-dealkylation sites (tertiary alicyclic amines) is 1. The van der Waals surface area contributed by atoms with Gasteiger partial charge in [0.1, 0.15) is 17.5 Å². The topological polar surface area (TPSA) is 68.2 Å². The molecular weight excluding hydrogens is 308 g/mol. The van der Waals surface area contributed by atoms with Crippen LogP contribution in [-0.2, 0) is 9.53 Å². The summed E-state index contributed by atoms with van der Waals surface area (Å²) in [4.78, 5) is 27.7. The molecule has 0 unspecified atom stereocenters. The number of carbonyl (C=O) groups is 1. The summed E-state index contributed by atoms with van der Waals surface area (Å²) in [7, 11) is 0. The van der Waals surface area contributed by atoms with Crippen LogP contribution in [0.3, 0.4) is 0 Å². The standard InChI is InChI=1S/C18H24N2O4/c1-13-11-14(19-12-21)5-6-16(13)23-15-7-9-20(10-8-15)17(22)24-18(2,3)4/h5-6,11,15H,7-10H2,1-4H3. The first-order valence-electron chi connectivity index (χ1n) is 8.11. The summed E-state index contributed by atoms with van der Waals surface area (Å²) in [5.41, 5.74) is 1.00. The Morgan fingerprint density at radius 3 is 2.50 bits per heavy atom. The summed E-state index contributed by atoms with van der Waals surface area (Å²) in [6, 6.07) is 5.32. The van der Waals surface area contributed by atoms with E-state index in [0.717, 1.165) is 24.2 Å². The maximum atomic E-state index is 12.1. The molecule has 24 heavy (non-hydrogen) atoms. The van der Waals surface area contributed by atoms with Crippen LogP contribution < -0.4 is 4.74 Å². The van der Waals surface area contributed by atoms with Gasteiger partial charge in [-0.2, -0.15) is 4.99 Å². The molecule has 1 aliphatic rings. The highest BCUT2D eigenvalue weighted by Crippen LogP contribution is 2.26. The molecule has 1 amide bonds. The molecular formula is C18H24N2O4. The molecule has 1 heterocycles. The van der Waals surface area contributed by atoms with Gasteiger partial charge in [-0.3, -0.25) is 0 Å². The number of ether oxygens (including phenoxy) is 2. The number of aryl methyl sites for hydroxylation is 1. The largest absolute Gasteiger partial charge is 0.490 e. The maximum absolute atomic E-state index is 12.1. The van der Waals surface area contributed by atoms with E-state index >= 15 is 0 Å². The molecule has 130 valence electrons. The fourth-order valence-electron chi connectivity index (χ4n) is 2.55. The lowest BCUT2D eigenvalue weighted by molar-refractivity contribution is 0.0126. The highest BCUT2D eigenvalue weighted by atomic mass is 16.6. The molecule has 1 fully saturated rings. The molecule has 0 aromatic heterocycles. The van der Waals surface area contributed by atoms with Crippen molar-refractivity contribution in [1.82, 2.24) is 4.90 Å². The Hall–Kier alpha value is -2.33. The van der Waals surface area contributed by atoms with Crippen LogP contribution in [0.1, 0.15) is 39.2 Å². The van der Waals surface area contributed by atoms with Gasteiger partial charge in [0.05, 0.1) is 5.69 Å². The Balaban J connectivity index is 1.89. The zero-order chi connectivity index (χ0) is 17.7. The van der Waals surface area contributed by atoms with Crippen molar-refractivity contribution in [2.24, 2.45) is 4.99 Å². The third-order valence-corrected chi connectivity index (χ3v) is 3.72. The third kappa shape index (κ3) is 5.10. The Kier molecular flexibility index (Phi) is 5.62. The quantitative estimate of drug-likeness (QED) is 0.624. The van der Waals surface area contributed by atoms with E-state index in [1.807, 2.05) is 33.8 Å². The first-order chi connectivity index (χ1) is 11.3. The van der Waals surface area contributed by atoms with E-state index in [0.29, 0.717) is 18.8 Å². The van der Waals surface area contributed by atoms with E-state index < -0.39 is 5.60 Å². The van der Waals surface area contributed by atoms with E-state index in [9.17, 15) is 9.59 Å². The Morgan fingerprint density at radius 1 is 1.29 bits per heavy atom. The number of piperidine rings is 1. The van der Waals surface area contributed by atoms with Crippen LogP contribution in [0.2, 0.25) is 0 Å². The second-order valence-corrected chi connectivity index (χ2v) is 6.94. The molecule has 1 saturated heterocycles. The molecule has 0 aliphatic carbocycles. The van der Waals surface area contributed by atoms with Crippen molar-refractivity contribution in [1.29, 1.82) is 0 Å². The van der Waals surface area contributed by atoms with E-state index in [1.54, 1.807) is 17.0 Å². The smallest absolute Gasteiger partial charge is 0.410 e. The van der Waals surface area contributed by atoms with Gasteiger partial charge in [0.25, 0.3) is 0 Å². The first kappa shape index (κ1) is 18.0. The van der Waals surface area contributed by atoms with Gasteiger partial charge < -0.3 is 14.4 Å². The van der Waals surface area contributed by atoms with Crippen molar-refractivity contribution in [3.8, 4) is 5.75 Å². The van der Waals surface area contributed by atoms with Crippen LogP contribution in [0.25, 0.3) is 0 Å². The summed E-state index contributed by atoms with van der Waals surface area (Å²) in [5, 5.41) is 0. The number of isocyanates is 1. The van der Waals surface area contributed by atoms with E-state index in [1.165, 1.54) is 6.08 Å². The minimum atomic E-state index is -0.479. The number of hydrogen-bond donors (Lipinski definition) is 0. The van der Waals surface area contributed by atoms with Crippen LogP contribution >= 0.6 is 0 Å². The first-order valence-corrected chi connectivity index (χ1v) is 8.11. The summed E-state index contributed by atoms with van der Waals surface area (Å²) >= 11 is 0. The number of benzene rings is 1. The van der Waals surface area contributed by atoms with Crippen molar-refractivity contribution in [3.63, 3.8) is 0 Å².